The van der Waals surface area contributed by atoms with Crippen LogP contribution in [0.4, 0.5) is 20.6 Å². The third-order valence-corrected chi connectivity index (χ3v) is 4.51. The Morgan fingerprint density at radius 2 is 2.19 bits per heavy atom. The lowest BCUT2D eigenvalue weighted by Gasteiger charge is -2.30. The number of amides is 2. The number of carbonyl (C=O) groups is 2. The van der Waals surface area contributed by atoms with Gasteiger partial charge in [-0.15, -0.1) is 0 Å². The van der Waals surface area contributed by atoms with E-state index in [0.717, 1.165) is 26.2 Å². The largest absolute Gasteiger partial charge is 0.417 e. The van der Waals surface area contributed by atoms with Gasteiger partial charge in [0, 0.05) is 33.1 Å². The molecule has 2 aliphatic heterocycles. The number of hydrogen-bond acceptors (Lipinski definition) is 6. The Balaban J connectivity index is 1.78. The molecule has 2 saturated heterocycles. The Labute approximate surface area is 151 Å². The van der Waals surface area contributed by atoms with Gasteiger partial charge in [-0.1, -0.05) is 0 Å². The second-order valence-electron chi connectivity index (χ2n) is 6.34. The van der Waals surface area contributed by atoms with Crippen molar-refractivity contribution in [2.45, 2.75) is 12.6 Å². The SMILES string of the molecule is C=N[C@]1(CNC(C)=O)CN(c2ccc(N3CCNCC3)c(F)c2)C(=O)O1. The van der Waals surface area contributed by atoms with Crippen LogP contribution in [0.25, 0.3) is 0 Å². The predicted octanol–water partition coefficient (Wildman–Crippen LogP) is 0.725. The molecule has 0 aromatic heterocycles. The Morgan fingerprint density at radius 1 is 1.46 bits per heavy atom. The fourth-order valence-corrected chi connectivity index (χ4v) is 3.08. The lowest BCUT2D eigenvalue weighted by molar-refractivity contribution is -0.119. The molecule has 2 aliphatic rings. The van der Waals surface area contributed by atoms with Crippen molar-refractivity contribution in [2.75, 3.05) is 49.1 Å². The van der Waals surface area contributed by atoms with E-state index in [2.05, 4.69) is 22.3 Å². The first kappa shape index (κ1) is 18.1. The van der Waals surface area contributed by atoms with Crippen LogP contribution in [0.15, 0.2) is 23.2 Å². The van der Waals surface area contributed by atoms with Gasteiger partial charge in [-0.25, -0.2) is 9.18 Å². The Kier molecular flexibility index (Phi) is 5.08. The van der Waals surface area contributed by atoms with Crippen molar-refractivity contribution >= 4 is 30.1 Å². The minimum atomic E-state index is -1.28. The van der Waals surface area contributed by atoms with E-state index in [-0.39, 0.29) is 19.0 Å². The molecule has 2 amide bonds. The maximum atomic E-state index is 14.6. The van der Waals surface area contributed by atoms with Crippen molar-refractivity contribution in [2.24, 2.45) is 4.99 Å². The maximum absolute atomic E-state index is 14.6. The van der Waals surface area contributed by atoms with Crippen molar-refractivity contribution in [1.82, 2.24) is 10.6 Å². The Hall–Kier alpha value is -2.68. The van der Waals surface area contributed by atoms with Crippen LogP contribution in [0.3, 0.4) is 0 Å². The van der Waals surface area contributed by atoms with Crippen LogP contribution in [0.1, 0.15) is 6.92 Å². The lowest BCUT2D eigenvalue weighted by Crippen LogP contribution is -2.44. The summed E-state index contributed by atoms with van der Waals surface area (Å²) in [4.78, 5) is 30.5. The number of halogens is 1. The second-order valence-corrected chi connectivity index (χ2v) is 6.34. The maximum Gasteiger partial charge on any atom is 0.416 e. The molecule has 0 radical (unpaired) electrons. The number of aliphatic imine (C=N–C) groups is 1. The van der Waals surface area contributed by atoms with Crippen LogP contribution >= 0.6 is 0 Å². The molecule has 0 saturated carbocycles. The standard InChI is InChI=1S/C17H22FN5O3/c1-12(24)21-10-17(19-2)11-23(16(25)26-17)13-3-4-15(14(18)9-13)22-7-5-20-6-8-22/h3-4,9,20H,2,5-8,10-11H2,1H3,(H,21,24)/t17-/m0/s1. The zero-order chi connectivity index (χ0) is 18.7. The summed E-state index contributed by atoms with van der Waals surface area (Å²) in [6.07, 6.45) is -0.655. The highest BCUT2D eigenvalue weighted by Gasteiger charge is 2.45. The summed E-state index contributed by atoms with van der Waals surface area (Å²) >= 11 is 0. The van der Waals surface area contributed by atoms with Gasteiger partial charge in [-0.05, 0) is 24.9 Å². The van der Waals surface area contributed by atoms with Gasteiger partial charge < -0.3 is 20.3 Å². The molecule has 0 unspecified atom stereocenters. The molecule has 9 heteroatoms. The normalized spacial score (nSPS) is 22.9. The number of carbonyl (C=O) groups excluding carboxylic acids is 2. The quantitative estimate of drug-likeness (QED) is 0.753. The number of nitrogens with zero attached hydrogens (tertiary/aromatic N) is 3. The number of anilines is 2. The lowest BCUT2D eigenvalue weighted by atomic mass is 10.2. The summed E-state index contributed by atoms with van der Waals surface area (Å²) in [6, 6.07) is 4.66. The first-order chi connectivity index (χ1) is 12.4. The smallest absolute Gasteiger partial charge is 0.416 e. The highest BCUT2D eigenvalue weighted by Crippen LogP contribution is 2.31. The summed E-state index contributed by atoms with van der Waals surface area (Å²) in [6.45, 7) is 7.92. The zero-order valence-electron chi connectivity index (χ0n) is 14.6. The number of hydrogen-bond donors (Lipinski definition) is 2. The van der Waals surface area contributed by atoms with Crippen molar-refractivity contribution in [3.8, 4) is 0 Å². The topological polar surface area (TPSA) is 86.3 Å². The first-order valence-electron chi connectivity index (χ1n) is 8.42. The molecule has 140 valence electrons. The van der Waals surface area contributed by atoms with Crippen molar-refractivity contribution in [1.29, 1.82) is 0 Å². The molecular formula is C17H22FN5O3. The van der Waals surface area contributed by atoms with Crippen LogP contribution < -0.4 is 20.4 Å². The van der Waals surface area contributed by atoms with Gasteiger partial charge in [0.05, 0.1) is 24.5 Å². The molecule has 2 N–H and O–H groups in total. The number of nitrogens with one attached hydrogen (secondary N) is 2. The van der Waals surface area contributed by atoms with E-state index in [1.165, 1.54) is 17.9 Å². The Bertz CT molecular complexity index is 722. The predicted molar refractivity (Wildman–Crippen MR) is 96.3 cm³/mol. The van der Waals surface area contributed by atoms with Gasteiger partial charge in [0.15, 0.2) is 0 Å². The van der Waals surface area contributed by atoms with Crippen LogP contribution in [-0.2, 0) is 9.53 Å². The van der Waals surface area contributed by atoms with Crippen LogP contribution in [-0.4, -0.2) is 63.7 Å². The van der Waals surface area contributed by atoms with Gasteiger partial charge in [0.2, 0.25) is 11.6 Å². The van der Waals surface area contributed by atoms with E-state index < -0.39 is 17.6 Å². The fraction of sp³-hybridized carbons (Fsp3) is 0.471. The van der Waals surface area contributed by atoms with Gasteiger partial charge in [-0.2, -0.15) is 0 Å². The minimum Gasteiger partial charge on any atom is -0.417 e. The van der Waals surface area contributed by atoms with Gasteiger partial charge in [0.25, 0.3) is 0 Å². The van der Waals surface area contributed by atoms with E-state index in [1.54, 1.807) is 12.1 Å². The van der Waals surface area contributed by atoms with Crippen LogP contribution in [0.5, 0.6) is 0 Å². The Morgan fingerprint density at radius 3 is 2.81 bits per heavy atom. The number of ether oxygens (including phenoxy) is 1. The second kappa shape index (κ2) is 7.28. The van der Waals surface area contributed by atoms with Crippen molar-refractivity contribution in [3.63, 3.8) is 0 Å². The molecule has 1 aromatic carbocycles. The van der Waals surface area contributed by atoms with Crippen molar-refractivity contribution in [3.05, 3.63) is 24.0 Å². The molecule has 2 heterocycles. The average Bonchev–Trinajstić information content (AvgIpc) is 2.98. The highest BCUT2D eigenvalue weighted by molar-refractivity contribution is 5.90. The molecule has 0 bridgehead atoms. The fourth-order valence-electron chi connectivity index (χ4n) is 3.08. The summed E-state index contributed by atoms with van der Waals surface area (Å²) < 4.78 is 19.9. The number of rotatable bonds is 5. The van der Waals surface area contributed by atoms with Gasteiger partial charge >= 0.3 is 6.09 Å². The molecule has 2 fully saturated rings. The van der Waals surface area contributed by atoms with E-state index in [0.29, 0.717) is 11.4 Å². The van der Waals surface area contributed by atoms with Crippen LogP contribution in [0, 0.1) is 5.82 Å². The number of benzene rings is 1. The molecule has 8 nitrogen and oxygen atoms in total. The average molecular weight is 363 g/mol. The van der Waals surface area contributed by atoms with E-state index in [1.807, 2.05) is 4.90 Å². The molecule has 1 atom stereocenters. The van der Waals surface area contributed by atoms with E-state index >= 15 is 0 Å². The summed E-state index contributed by atoms with van der Waals surface area (Å²) in [5.74, 6) is -0.669. The zero-order valence-corrected chi connectivity index (χ0v) is 14.6. The summed E-state index contributed by atoms with van der Waals surface area (Å²) in [5, 5.41) is 5.79. The third-order valence-electron chi connectivity index (χ3n) is 4.51. The molecule has 0 aliphatic carbocycles. The van der Waals surface area contributed by atoms with Crippen LogP contribution in [0.2, 0.25) is 0 Å². The van der Waals surface area contributed by atoms with Crippen molar-refractivity contribution < 1.29 is 18.7 Å². The monoisotopic (exact) mass is 363 g/mol. The highest BCUT2D eigenvalue weighted by atomic mass is 19.1. The van der Waals surface area contributed by atoms with E-state index in [9.17, 15) is 14.0 Å². The van der Waals surface area contributed by atoms with E-state index in [4.69, 9.17) is 4.74 Å². The third kappa shape index (κ3) is 3.62. The minimum absolute atomic E-state index is 0.00934. The summed E-state index contributed by atoms with van der Waals surface area (Å²) in [7, 11) is 0. The first-order valence-corrected chi connectivity index (χ1v) is 8.42. The molecule has 26 heavy (non-hydrogen) atoms. The molecular weight excluding hydrogens is 341 g/mol. The molecule has 0 spiro atoms. The number of piperazine rings is 1. The summed E-state index contributed by atoms with van der Waals surface area (Å²) in [5.41, 5.74) is -0.398. The number of cyclic esters (lactones) is 1. The van der Waals surface area contributed by atoms with Gasteiger partial charge in [-0.3, -0.25) is 14.7 Å². The molecule has 1 aromatic rings. The van der Waals surface area contributed by atoms with Gasteiger partial charge in [0.1, 0.15) is 5.82 Å². The molecule has 3 rings (SSSR count).